The molecule has 0 fully saturated rings. The zero-order valence-electron chi connectivity index (χ0n) is 12.3. The fourth-order valence-electron chi connectivity index (χ4n) is 2.52. The van der Waals surface area contributed by atoms with Crippen LogP contribution in [0.3, 0.4) is 0 Å². The molecule has 0 saturated heterocycles. The van der Waals surface area contributed by atoms with E-state index in [-0.39, 0.29) is 5.91 Å². The van der Waals surface area contributed by atoms with E-state index in [4.69, 9.17) is 0 Å². The molecule has 3 rings (SSSR count). The number of para-hydroxylation sites is 1. The second-order valence-electron chi connectivity index (χ2n) is 5.35. The molecule has 0 saturated carbocycles. The minimum atomic E-state index is -0.0863. The van der Waals surface area contributed by atoms with E-state index in [0.717, 1.165) is 41.3 Å². The molecule has 3 N–H and O–H groups in total. The van der Waals surface area contributed by atoms with E-state index in [1.54, 1.807) is 0 Å². The summed E-state index contributed by atoms with van der Waals surface area (Å²) in [4.78, 5) is 12.6. The van der Waals surface area contributed by atoms with E-state index >= 15 is 0 Å². The lowest BCUT2D eigenvalue weighted by Gasteiger charge is -2.22. The number of amides is 1. The van der Waals surface area contributed by atoms with Crippen molar-refractivity contribution in [2.24, 2.45) is 0 Å². The predicted octanol–water partition coefficient (Wildman–Crippen LogP) is 3.39. The van der Waals surface area contributed by atoms with Crippen molar-refractivity contribution >= 4 is 23.0 Å². The molecule has 2 aromatic carbocycles. The standard InChI is InChI=1S/C17H19N3O/c1-11-6-7-12(2)15(10-11)20-17(21)13-4-3-5-14-16(13)19-9-8-18-14/h3-7,10,18-19H,8-9H2,1-2H3,(H,20,21). The molecule has 1 aliphatic rings. The lowest BCUT2D eigenvalue weighted by Crippen LogP contribution is -2.24. The third-order valence-corrected chi connectivity index (χ3v) is 3.69. The highest BCUT2D eigenvalue weighted by Crippen LogP contribution is 2.29. The van der Waals surface area contributed by atoms with Crippen LogP contribution < -0.4 is 16.0 Å². The van der Waals surface area contributed by atoms with Crippen LogP contribution in [-0.4, -0.2) is 19.0 Å². The summed E-state index contributed by atoms with van der Waals surface area (Å²) in [5.41, 5.74) is 5.58. The molecule has 0 radical (unpaired) electrons. The van der Waals surface area contributed by atoms with Crippen molar-refractivity contribution in [1.82, 2.24) is 0 Å². The maximum atomic E-state index is 12.6. The monoisotopic (exact) mass is 281 g/mol. The van der Waals surface area contributed by atoms with Gasteiger partial charge in [0.05, 0.1) is 16.9 Å². The Hall–Kier alpha value is -2.49. The second kappa shape index (κ2) is 5.48. The highest BCUT2D eigenvalue weighted by molar-refractivity contribution is 6.10. The van der Waals surface area contributed by atoms with Crippen LogP contribution in [0.2, 0.25) is 0 Å². The topological polar surface area (TPSA) is 53.2 Å². The minimum absolute atomic E-state index is 0.0863. The Morgan fingerprint density at radius 1 is 1.10 bits per heavy atom. The summed E-state index contributed by atoms with van der Waals surface area (Å²) >= 11 is 0. The molecule has 1 heterocycles. The molecule has 108 valence electrons. The van der Waals surface area contributed by atoms with E-state index in [9.17, 15) is 4.79 Å². The number of rotatable bonds is 2. The van der Waals surface area contributed by atoms with Gasteiger partial charge in [-0.25, -0.2) is 0 Å². The van der Waals surface area contributed by atoms with Gasteiger partial charge in [-0.05, 0) is 43.2 Å². The van der Waals surface area contributed by atoms with Gasteiger partial charge in [-0.3, -0.25) is 4.79 Å². The van der Waals surface area contributed by atoms with Crippen molar-refractivity contribution in [3.63, 3.8) is 0 Å². The summed E-state index contributed by atoms with van der Waals surface area (Å²) in [5, 5.41) is 9.61. The van der Waals surface area contributed by atoms with Gasteiger partial charge in [0.2, 0.25) is 0 Å². The van der Waals surface area contributed by atoms with Crippen molar-refractivity contribution in [3.8, 4) is 0 Å². The SMILES string of the molecule is Cc1ccc(C)c(NC(=O)c2cccc3c2NCCN3)c1. The van der Waals surface area contributed by atoms with Crippen molar-refractivity contribution in [3.05, 3.63) is 53.1 Å². The number of anilines is 3. The molecule has 0 aromatic heterocycles. The molecule has 1 aliphatic heterocycles. The zero-order chi connectivity index (χ0) is 14.8. The maximum absolute atomic E-state index is 12.6. The van der Waals surface area contributed by atoms with Crippen LogP contribution in [0.15, 0.2) is 36.4 Å². The quantitative estimate of drug-likeness (QED) is 0.791. The van der Waals surface area contributed by atoms with E-state index in [2.05, 4.69) is 16.0 Å². The number of hydrogen-bond donors (Lipinski definition) is 3. The maximum Gasteiger partial charge on any atom is 0.257 e. The summed E-state index contributed by atoms with van der Waals surface area (Å²) in [6, 6.07) is 11.8. The average Bonchev–Trinajstić information content (AvgIpc) is 2.50. The number of hydrogen-bond acceptors (Lipinski definition) is 3. The smallest absolute Gasteiger partial charge is 0.257 e. The molecule has 0 unspecified atom stereocenters. The van der Waals surface area contributed by atoms with Crippen LogP contribution >= 0.6 is 0 Å². The predicted molar refractivity (Wildman–Crippen MR) is 87.3 cm³/mol. The van der Waals surface area contributed by atoms with Gasteiger partial charge in [0.1, 0.15) is 0 Å². The summed E-state index contributed by atoms with van der Waals surface area (Å²) in [5.74, 6) is -0.0863. The average molecular weight is 281 g/mol. The molecule has 4 nitrogen and oxygen atoms in total. The molecule has 4 heteroatoms. The van der Waals surface area contributed by atoms with Crippen LogP contribution in [0.25, 0.3) is 0 Å². The molecule has 0 spiro atoms. The Bertz CT molecular complexity index is 694. The van der Waals surface area contributed by atoms with Crippen LogP contribution in [-0.2, 0) is 0 Å². The third-order valence-electron chi connectivity index (χ3n) is 3.69. The summed E-state index contributed by atoms with van der Waals surface area (Å²) < 4.78 is 0. The van der Waals surface area contributed by atoms with E-state index in [1.807, 2.05) is 50.2 Å². The molecular weight excluding hydrogens is 262 g/mol. The first-order chi connectivity index (χ1) is 10.1. The van der Waals surface area contributed by atoms with Crippen molar-refractivity contribution in [2.45, 2.75) is 13.8 Å². The van der Waals surface area contributed by atoms with Crippen LogP contribution in [0.4, 0.5) is 17.1 Å². The molecule has 21 heavy (non-hydrogen) atoms. The van der Waals surface area contributed by atoms with Crippen molar-refractivity contribution < 1.29 is 4.79 Å². The van der Waals surface area contributed by atoms with Gasteiger partial charge in [-0.15, -0.1) is 0 Å². The van der Waals surface area contributed by atoms with Crippen LogP contribution in [0.5, 0.6) is 0 Å². The third kappa shape index (κ3) is 2.70. The summed E-state index contributed by atoms with van der Waals surface area (Å²) in [6.45, 7) is 5.70. The first-order valence-electron chi connectivity index (χ1n) is 7.14. The fourth-order valence-corrected chi connectivity index (χ4v) is 2.52. The molecule has 0 aliphatic carbocycles. The lowest BCUT2D eigenvalue weighted by atomic mass is 10.1. The number of fused-ring (bicyclic) bond motifs is 1. The zero-order valence-corrected chi connectivity index (χ0v) is 12.3. The van der Waals surface area contributed by atoms with Gasteiger partial charge < -0.3 is 16.0 Å². The Morgan fingerprint density at radius 2 is 1.90 bits per heavy atom. The van der Waals surface area contributed by atoms with Crippen molar-refractivity contribution in [2.75, 3.05) is 29.0 Å². The molecular formula is C17H19N3O. The first-order valence-corrected chi connectivity index (χ1v) is 7.14. The van der Waals surface area contributed by atoms with Gasteiger partial charge in [0.25, 0.3) is 5.91 Å². The second-order valence-corrected chi connectivity index (χ2v) is 5.35. The minimum Gasteiger partial charge on any atom is -0.382 e. The summed E-state index contributed by atoms with van der Waals surface area (Å²) in [7, 11) is 0. The number of carbonyl (C=O) groups excluding carboxylic acids is 1. The highest BCUT2D eigenvalue weighted by Gasteiger charge is 2.17. The summed E-state index contributed by atoms with van der Waals surface area (Å²) in [6.07, 6.45) is 0. The van der Waals surface area contributed by atoms with Gasteiger partial charge >= 0.3 is 0 Å². The van der Waals surface area contributed by atoms with E-state index in [0.29, 0.717) is 5.56 Å². The number of carbonyl (C=O) groups is 1. The Labute approximate surface area is 124 Å². The Kier molecular flexibility index (Phi) is 3.52. The Morgan fingerprint density at radius 3 is 2.76 bits per heavy atom. The van der Waals surface area contributed by atoms with Gasteiger partial charge in [-0.1, -0.05) is 18.2 Å². The highest BCUT2D eigenvalue weighted by atomic mass is 16.1. The molecule has 2 aromatic rings. The normalized spacial score (nSPS) is 12.9. The van der Waals surface area contributed by atoms with Gasteiger partial charge in [0, 0.05) is 18.8 Å². The molecule has 1 amide bonds. The van der Waals surface area contributed by atoms with Crippen LogP contribution in [0.1, 0.15) is 21.5 Å². The van der Waals surface area contributed by atoms with Gasteiger partial charge in [0.15, 0.2) is 0 Å². The number of benzene rings is 2. The molecule has 0 bridgehead atoms. The molecule has 0 atom stereocenters. The number of nitrogens with one attached hydrogen (secondary N) is 3. The van der Waals surface area contributed by atoms with Crippen LogP contribution in [0, 0.1) is 13.8 Å². The van der Waals surface area contributed by atoms with Crippen molar-refractivity contribution in [1.29, 1.82) is 0 Å². The van der Waals surface area contributed by atoms with E-state index < -0.39 is 0 Å². The lowest BCUT2D eigenvalue weighted by molar-refractivity contribution is 0.102. The van der Waals surface area contributed by atoms with Gasteiger partial charge in [-0.2, -0.15) is 0 Å². The number of aryl methyl sites for hydroxylation is 2. The Balaban J connectivity index is 1.91. The largest absolute Gasteiger partial charge is 0.382 e. The fraction of sp³-hybridized carbons (Fsp3) is 0.235. The van der Waals surface area contributed by atoms with E-state index in [1.165, 1.54) is 0 Å². The first kappa shape index (κ1) is 13.5.